The maximum Gasteiger partial charge on any atom is 0.334 e. The van der Waals surface area contributed by atoms with E-state index in [9.17, 15) is 14.9 Å². The SMILES string of the molecule is CCOC(=O)C1=CC[C@@H](c2ccc(OC)cc2)[C@H]([N+](=O)[O-])[C@H]1c1ccccc1. The molecule has 0 radical (unpaired) electrons. The van der Waals surface area contributed by atoms with Crippen molar-refractivity contribution in [3.63, 3.8) is 0 Å². The number of rotatable bonds is 6. The lowest BCUT2D eigenvalue weighted by Gasteiger charge is -2.32. The van der Waals surface area contributed by atoms with Crippen molar-refractivity contribution in [2.75, 3.05) is 13.7 Å². The van der Waals surface area contributed by atoms with Crippen LogP contribution in [0, 0.1) is 10.1 Å². The van der Waals surface area contributed by atoms with Crippen LogP contribution >= 0.6 is 0 Å². The molecular formula is C22H23NO5. The van der Waals surface area contributed by atoms with Crippen molar-refractivity contribution in [2.45, 2.75) is 31.2 Å². The van der Waals surface area contributed by atoms with Crippen LogP contribution in [0.25, 0.3) is 0 Å². The molecule has 2 aromatic rings. The first-order valence-corrected chi connectivity index (χ1v) is 9.26. The molecule has 0 aliphatic heterocycles. The molecule has 3 rings (SSSR count). The number of methoxy groups -OCH3 is 1. The number of allylic oxidation sites excluding steroid dienone is 1. The molecule has 0 aromatic heterocycles. The number of hydrogen-bond donors (Lipinski definition) is 0. The van der Waals surface area contributed by atoms with Gasteiger partial charge in [0.05, 0.1) is 25.6 Å². The molecule has 6 heteroatoms. The van der Waals surface area contributed by atoms with E-state index in [2.05, 4.69) is 0 Å². The van der Waals surface area contributed by atoms with Crippen LogP contribution in [0.5, 0.6) is 5.75 Å². The molecule has 0 fully saturated rings. The number of nitrogens with zero attached hydrogens (tertiary/aromatic N) is 1. The minimum atomic E-state index is -0.972. The van der Waals surface area contributed by atoms with Gasteiger partial charge in [-0.3, -0.25) is 10.1 Å². The van der Waals surface area contributed by atoms with Crippen molar-refractivity contribution in [1.82, 2.24) is 0 Å². The highest BCUT2D eigenvalue weighted by molar-refractivity contribution is 5.90. The highest BCUT2D eigenvalue weighted by Gasteiger charge is 2.47. The molecule has 6 nitrogen and oxygen atoms in total. The standard InChI is InChI=1S/C22H23NO5/c1-3-28-22(24)19-14-13-18(15-9-11-17(27-2)12-10-15)21(23(25)26)20(19)16-7-5-4-6-8-16/h4-12,14,18,20-21H,3,13H2,1-2H3/t18-,20-,21-/m0/s1. The Morgan fingerprint density at radius 2 is 1.79 bits per heavy atom. The highest BCUT2D eigenvalue weighted by Crippen LogP contribution is 2.44. The summed E-state index contributed by atoms with van der Waals surface area (Å²) >= 11 is 0. The summed E-state index contributed by atoms with van der Waals surface area (Å²) in [5.74, 6) is -0.823. The van der Waals surface area contributed by atoms with Crippen LogP contribution in [0.2, 0.25) is 0 Å². The average Bonchev–Trinajstić information content (AvgIpc) is 2.73. The van der Waals surface area contributed by atoms with E-state index in [0.29, 0.717) is 17.7 Å². The zero-order valence-electron chi connectivity index (χ0n) is 15.9. The molecule has 0 saturated heterocycles. The van der Waals surface area contributed by atoms with Crippen LogP contribution in [-0.2, 0) is 9.53 Å². The van der Waals surface area contributed by atoms with Gasteiger partial charge in [-0.05, 0) is 36.6 Å². The predicted octanol–water partition coefficient (Wildman–Crippen LogP) is 4.10. The Kier molecular flexibility index (Phi) is 6.09. The van der Waals surface area contributed by atoms with Crippen molar-refractivity contribution >= 4 is 5.97 Å². The molecule has 0 N–H and O–H groups in total. The molecule has 0 unspecified atom stereocenters. The Morgan fingerprint density at radius 1 is 1.11 bits per heavy atom. The van der Waals surface area contributed by atoms with E-state index in [1.165, 1.54) is 0 Å². The van der Waals surface area contributed by atoms with Crippen LogP contribution in [0.15, 0.2) is 66.2 Å². The van der Waals surface area contributed by atoms with Crippen LogP contribution in [-0.4, -0.2) is 30.7 Å². The van der Waals surface area contributed by atoms with E-state index >= 15 is 0 Å². The first-order valence-electron chi connectivity index (χ1n) is 9.26. The van der Waals surface area contributed by atoms with Gasteiger partial charge in [0.25, 0.3) is 0 Å². The molecule has 1 aliphatic rings. The molecule has 2 aromatic carbocycles. The molecule has 146 valence electrons. The molecule has 0 saturated carbocycles. The zero-order chi connectivity index (χ0) is 20.1. The minimum absolute atomic E-state index is 0.225. The van der Waals surface area contributed by atoms with Gasteiger partial charge in [0.15, 0.2) is 0 Å². The van der Waals surface area contributed by atoms with E-state index in [1.54, 1.807) is 32.2 Å². The normalized spacial score (nSPS) is 21.5. The van der Waals surface area contributed by atoms with Crippen LogP contribution < -0.4 is 4.74 Å². The van der Waals surface area contributed by atoms with Gasteiger partial charge in [0, 0.05) is 10.5 Å². The Morgan fingerprint density at radius 3 is 2.36 bits per heavy atom. The third-order valence-electron chi connectivity index (χ3n) is 5.14. The topological polar surface area (TPSA) is 78.7 Å². The molecule has 0 amide bonds. The fourth-order valence-electron chi connectivity index (χ4n) is 3.85. The number of hydrogen-bond acceptors (Lipinski definition) is 5. The smallest absolute Gasteiger partial charge is 0.334 e. The van der Waals surface area contributed by atoms with Crippen molar-refractivity contribution in [2.24, 2.45) is 0 Å². The highest BCUT2D eigenvalue weighted by atomic mass is 16.6. The minimum Gasteiger partial charge on any atom is -0.497 e. The summed E-state index contributed by atoms with van der Waals surface area (Å²) in [6.45, 7) is 1.95. The largest absolute Gasteiger partial charge is 0.497 e. The van der Waals surface area contributed by atoms with Crippen molar-refractivity contribution < 1.29 is 19.2 Å². The maximum absolute atomic E-state index is 12.5. The lowest BCUT2D eigenvalue weighted by Crippen LogP contribution is -2.39. The van der Waals surface area contributed by atoms with Gasteiger partial charge >= 0.3 is 5.97 Å². The molecule has 3 atom stereocenters. The van der Waals surface area contributed by atoms with E-state index in [-0.39, 0.29) is 17.4 Å². The van der Waals surface area contributed by atoms with Gasteiger partial charge in [-0.25, -0.2) is 4.79 Å². The van der Waals surface area contributed by atoms with E-state index in [1.807, 2.05) is 42.5 Å². The van der Waals surface area contributed by atoms with Gasteiger partial charge < -0.3 is 9.47 Å². The molecule has 1 aliphatic carbocycles. The summed E-state index contributed by atoms with van der Waals surface area (Å²) in [4.78, 5) is 24.5. The van der Waals surface area contributed by atoms with Gasteiger partial charge in [-0.1, -0.05) is 48.5 Å². The van der Waals surface area contributed by atoms with Gasteiger partial charge in [-0.15, -0.1) is 0 Å². The van der Waals surface area contributed by atoms with Crippen molar-refractivity contribution in [3.8, 4) is 5.75 Å². The number of benzene rings is 2. The third kappa shape index (κ3) is 3.91. The lowest BCUT2D eigenvalue weighted by atomic mass is 9.71. The summed E-state index contributed by atoms with van der Waals surface area (Å²) in [5, 5.41) is 12.2. The quantitative estimate of drug-likeness (QED) is 0.428. The van der Waals surface area contributed by atoms with Crippen molar-refractivity contribution in [1.29, 1.82) is 0 Å². The van der Waals surface area contributed by atoms with Crippen molar-refractivity contribution in [3.05, 3.63) is 87.5 Å². The Labute approximate surface area is 163 Å². The first kappa shape index (κ1) is 19.6. The summed E-state index contributed by atoms with van der Waals surface area (Å²) in [6, 6.07) is 15.5. The average molecular weight is 381 g/mol. The van der Waals surface area contributed by atoms with Crippen LogP contribution in [0.4, 0.5) is 0 Å². The molecule has 0 heterocycles. The van der Waals surface area contributed by atoms with Crippen LogP contribution in [0.1, 0.15) is 36.3 Å². The number of ether oxygens (including phenoxy) is 2. The Balaban J connectivity index is 2.08. The van der Waals surface area contributed by atoms with Crippen LogP contribution in [0.3, 0.4) is 0 Å². The molecular weight excluding hydrogens is 358 g/mol. The van der Waals surface area contributed by atoms with Gasteiger partial charge in [0.1, 0.15) is 5.75 Å². The number of esters is 1. The number of carbonyl (C=O) groups excluding carboxylic acids is 1. The van der Waals surface area contributed by atoms with Gasteiger partial charge in [0.2, 0.25) is 6.04 Å². The summed E-state index contributed by atoms with van der Waals surface area (Å²) in [5.41, 5.74) is 1.95. The summed E-state index contributed by atoms with van der Waals surface area (Å²) in [7, 11) is 1.58. The number of nitro groups is 1. The second-order valence-corrected chi connectivity index (χ2v) is 6.66. The first-order chi connectivity index (χ1) is 13.6. The monoisotopic (exact) mass is 381 g/mol. The van der Waals surface area contributed by atoms with E-state index in [4.69, 9.17) is 9.47 Å². The second-order valence-electron chi connectivity index (χ2n) is 6.66. The summed E-state index contributed by atoms with van der Waals surface area (Å²) < 4.78 is 10.4. The fraction of sp³-hybridized carbons (Fsp3) is 0.318. The zero-order valence-corrected chi connectivity index (χ0v) is 15.9. The number of carbonyl (C=O) groups is 1. The maximum atomic E-state index is 12.5. The summed E-state index contributed by atoms with van der Waals surface area (Å²) in [6.07, 6.45) is 2.19. The second kappa shape index (κ2) is 8.69. The van der Waals surface area contributed by atoms with E-state index < -0.39 is 17.9 Å². The third-order valence-corrected chi connectivity index (χ3v) is 5.14. The molecule has 0 spiro atoms. The predicted molar refractivity (Wildman–Crippen MR) is 105 cm³/mol. The molecule has 28 heavy (non-hydrogen) atoms. The Hall–Kier alpha value is -3.15. The van der Waals surface area contributed by atoms with E-state index in [0.717, 1.165) is 11.1 Å². The molecule has 0 bridgehead atoms. The lowest BCUT2D eigenvalue weighted by molar-refractivity contribution is -0.530. The Bertz CT molecular complexity index is 860. The van der Waals surface area contributed by atoms with Gasteiger partial charge in [-0.2, -0.15) is 0 Å². The fourth-order valence-corrected chi connectivity index (χ4v) is 3.85.